The maximum Gasteiger partial charge on any atom is 0.0420 e. The van der Waals surface area contributed by atoms with Gasteiger partial charge in [0.1, 0.15) is 0 Å². The number of nitrogens with one attached hydrogen (secondary N) is 1. The minimum Gasteiger partial charge on any atom is -0.309 e. The van der Waals surface area contributed by atoms with Gasteiger partial charge in [0.2, 0.25) is 0 Å². The minimum atomic E-state index is 0.101. The largest absolute Gasteiger partial charge is 0.309 e. The molecule has 0 fully saturated rings. The summed E-state index contributed by atoms with van der Waals surface area (Å²) >= 11 is 0. The molecular weight excluding hydrogens is 256 g/mol. The Morgan fingerprint density at radius 2 is 1.90 bits per heavy atom. The summed E-state index contributed by atoms with van der Waals surface area (Å²) in [4.78, 5) is 2.21. The average molecular weight is 280 g/mol. The van der Waals surface area contributed by atoms with Gasteiger partial charge in [0, 0.05) is 11.6 Å². The molecule has 0 spiro atoms. The van der Waals surface area contributed by atoms with Crippen LogP contribution in [0, 0.1) is 11.3 Å². The van der Waals surface area contributed by atoms with Crippen molar-refractivity contribution in [1.29, 1.82) is 5.41 Å². The van der Waals surface area contributed by atoms with Crippen molar-refractivity contribution in [2.45, 2.75) is 12.8 Å². The van der Waals surface area contributed by atoms with E-state index in [0.29, 0.717) is 5.71 Å². The van der Waals surface area contributed by atoms with Gasteiger partial charge in [-0.1, -0.05) is 60.2 Å². The lowest BCUT2D eigenvalue weighted by atomic mass is 9.91. The molecule has 0 bridgehead atoms. The van der Waals surface area contributed by atoms with E-state index in [1.165, 1.54) is 11.1 Å². The van der Waals surface area contributed by atoms with Crippen molar-refractivity contribution in [3.05, 3.63) is 65.8 Å². The molecule has 2 heteroatoms. The Labute approximate surface area is 128 Å². The van der Waals surface area contributed by atoms with Gasteiger partial charge >= 0.3 is 0 Å². The van der Waals surface area contributed by atoms with Gasteiger partial charge in [0.05, 0.1) is 0 Å². The monoisotopic (exact) mass is 280 g/mol. The molecule has 0 aromatic heterocycles. The Morgan fingerprint density at radius 1 is 1.14 bits per heavy atom. The molecule has 0 heterocycles. The van der Waals surface area contributed by atoms with E-state index in [-0.39, 0.29) is 5.92 Å². The summed E-state index contributed by atoms with van der Waals surface area (Å²) in [5.41, 5.74) is 3.19. The molecule has 1 N–H and O–H groups in total. The van der Waals surface area contributed by atoms with Gasteiger partial charge in [-0.15, -0.1) is 0 Å². The van der Waals surface area contributed by atoms with Crippen molar-refractivity contribution in [1.82, 2.24) is 4.90 Å². The van der Waals surface area contributed by atoms with E-state index in [0.717, 1.165) is 19.4 Å². The van der Waals surface area contributed by atoms with Gasteiger partial charge in [-0.3, -0.25) is 0 Å². The molecule has 1 aliphatic rings. The molecule has 1 aromatic rings. The lowest BCUT2D eigenvalue weighted by molar-refractivity contribution is 0.400. The van der Waals surface area contributed by atoms with Crippen LogP contribution in [0.15, 0.2) is 60.2 Å². The molecular formula is C19H24N2. The molecule has 1 aromatic carbocycles. The molecule has 1 unspecified atom stereocenters. The first-order valence-electron chi connectivity index (χ1n) is 7.50. The van der Waals surface area contributed by atoms with Crippen LogP contribution in [0.5, 0.6) is 0 Å². The Morgan fingerprint density at radius 3 is 2.62 bits per heavy atom. The van der Waals surface area contributed by atoms with Gasteiger partial charge in [0.15, 0.2) is 0 Å². The van der Waals surface area contributed by atoms with Crippen LogP contribution >= 0.6 is 0 Å². The highest BCUT2D eigenvalue weighted by atomic mass is 15.0. The number of hydrogen-bond donors (Lipinski definition) is 1. The summed E-state index contributed by atoms with van der Waals surface area (Å²) in [5, 5.41) is 8.06. The highest BCUT2D eigenvalue weighted by Gasteiger charge is 2.11. The zero-order chi connectivity index (χ0) is 15.1. The Hall–Kier alpha value is -1.93. The van der Waals surface area contributed by atoms with E-state index in [1.807, 2.05) is 24.3 Å². The fourth-order valence-electron chi connectivity index (χ4n) is 2.39. The molecule has 0 saturated heterocycles. The minimum absolute atomic E-state index is 0.101. The number of hydrogen-bond acceptors (Lipinski definition) is 2. The molecule has 0 amide bonds. The zero-order valence-corrected chi connectivity index (χ0v) is 12.9. The Balaban J connectivity index is 1.98. The Kier molecular flexibility index (Phi) is 5.70. The van der Waals surface area contributed by atoms with Crippen LogP contribution in [0.3, 0.4) is 0 Å². The number of nitrogens with zero attached hydrogens (tertiary/aromatic N) is 1. The molecule has 2 rings (SSSR count). The van der Waals surface area contributed by atoms with Gasteiger partial charge in [-0.2, -0.15) is 0 Å². The average Bonchev–Trinajstić information content (AvgIpc) is 2.48. The summed E-state index contributed by atoms with van der Waals surface area (Å²) in [6.07, 6.45) is 12.7. The normalized spacial score (nSPS) is 18.5. The van der Waals surface area contributed by atoms with Crippen LogP contribution < -0.4 is 0 Å². The van der Waals surface area contributed by atoms with Crippen LogP contribution in [-0.4, -0.2) is 31.3 Å². The molecule has 1 aliphatic carbocycles. The first kappa shape index (κ1) is 15.5. The summed E-state index contributed by atoms with van der Waals surface area (Å²) in [5.74, 6) is 0.101. The summed E-state index contributed by atoms with van der Waals surface area (Å²) < 4.78 is 0. The molecule has 21 heavy (non-hydrogen) atoms. The SMILES string of the molecule is CN(C)CCCC1=CC(C=Cc2ccccc2)C(=N)C=C1. The van der Waals surface area contributed by atoms with Crippen LogP contribution in [0.2, 0.25) is 0 Å². The van der Waals surface area contributed by atoms with Crippen LogP contribution in [0.4, 0.5) is 0 Å². The van der Waals surface area contributed by atoms with E-state index in [1.54, 1.807) is 0 Å². The van der Waals surface area contributed by atoms with Gasteiger partial charge in [0.25, 0.3) is 0 Å². The van der Waals surface area contributed by atoms with Gasteiger partial charge < -0.3 is 10.3 Å². The van der Waals surface area contributed by atoms with Crippen molar-refractivity contribution in [3.63, 3.8) is 0 Å². The summed E-state index contributed by atoms with van der Waals surface area (Å²) in [6, 6.07) is 10.3. The van der Waals surface area contributed by atoms with Crippen molar-refractivity contribution in [2.24, 2.45) is 5.92 Å². The van der Waals surface area contributed by atoms with Crippen molar-refractivity contribution < 1.29 is 0 Å². The van der Waals surface area contributed by atoms with E-state index in [2.05, 4.69) is 55.4 Å². The highest BCUT2D eigenvalue weighted by molar-refractivity contribution is 5.98. The topological polar surface area (TPSA) is 27.1 Å². The first-order chi connectivity index (χ1) is 10.1. The number of benzene rings is 1. The fraction of sp³-hybridized carbons (Fsp3) is 0.316. The standard InChI is InChI=1S/C19H24N2/c1-21(2)14-6-9-17-11-13-19(20)18(15-17)12-10-16-7-4-3-5-8-16/h3-5,7-8,10-13,15,18,20H,6,9,14H2,1-2H3. The third kappa shape index (κ3) is 5.16. The molecule has 110 valence electrons. The lowest BCUT2D eigenvalue weighted by Gasteiger charge is -2.16. The molecule has 2 nitrogen and oxygen atoms in total. The van der Waals surface area contributed by atoms with E-state index in [9.17, 15) is 0 Å². The van der Waals surface area contributed by atoms with Gasteiger partial charge in [-0.25, -0.2) is 0 Å². The maximum atomic E-state index is 8.06. The van der Waals surface area contributed by atoms with Crippen molar-refractivity contribution in [2.75, 3.05) is 20.6 Å². The smallest absolute Gasteiger partial charge is 0.0420 e. The van der Waals surface area contributed by atoms with Crippen LogP contribution in [-0.2, 0) is 0 Å². The maximum absolute atomic E-state index is 8.06. The molecule has 0 radical (unpaired) electrons. The fourth-order valence-corrected chi connectivity index (χ4v) is 2.39. The quantitative estimate of drug-likeness (QED) is 0.831. The number of allylic oxidation sites excluding steroid dienone is 5. The lowest BCUT2D eigenvalue weighted by Crippen LogP contribution is -2.14. The van der Waals surface area contributed by atoms with Crippen LogP contribution in [0.25, 0.3) is 6.08 Å². The summed E-state index contributed by atoms with van der Waals surface area (Å²) in [7, 11) is 4.21. The Bertz CT molecular complexity index is 550. The van der Waals surface area contributed by atoms with E-state index < -0.39 is 0 Å². The second kappa shape index (κ2) is 7.75. The molecule has 0 aliphatic heterocycles. The predicted molar refractivity (Wildman–Crippen MR) is 91.7 cm³/mol. The van der Waals surface area contributed by atoms with Crippen molar-refractivity contribution >= 4 is 11.8 Å². The van der Waals surface area contributed by atoms with Gasteiger partial charge in [-0.05, 0) is 45.1 Å². The first-order valence-corrected chi connectivity index (χ1v) is 7.50. The highest BCUT2D eigenvalue weighted by Crippen LogP contribution is 2.20. The molecule has 0 saturated carbocycles. The molecule has 1 atom stereocenters. The zero-order valence-electron chi connectivity index (χ0n) is 12.9. The summed E-state index contributed by atoms with van der Waals surface area (Å²) in [6.45, 7) is 1.10. The van der Waals surface area contributed by atoms with Crippen molar-refractivity contribution in [3.8, 4) is 0 Å². The van der Waals surface area contributed by atoms with E-state index >= 15 is 0 Å². The van der Waals surface area contributed by atoms with E-state index in [4.69, 9.17) is 5.41 Å². The second-order valence-corrected chi connectivity index (χ2v) is 5.73. The van der Waals surface area contributed by atoms with Crippen LogP contribution in [0.1, 0.15) is 18.4 Å². The predicted octanol–water partition coefficient (Wildman–Crippen LogP) is 4.17. The number of rotatable bonds is 6. The third-order valence-corrected chi connectivity index (χ3v) is 3.60. The second-order valence-electron chi connectivity index (χ2n) is 5.73. The third-order valence-electron chi connectivity index (χ3n) is 3.60.